The van der Waals surface area contributed by atoms with Crippen LogP contribution in [-0.2, 0) is 0 Å². The van der Waals surface area contributed by atoms with Gasteiger partial charge in [-0.15, -0.1) is 0 Å². The van der Waals surface area contributed by atoms with E-state index in [4.69, 9.17) is 14.7 Å². The highest BCUT2D eigenvalue weighted by atomic mass is 32.2. The molecule has 1 saturated carbocycles. The maximum absolute atomic E-state index is 5.87. The zero-order valence-electron chi connectivity index (χ0n) is 25.9. The minimum atomic E-state index is 0.464. The van der Waals surface area contributed by atoms with Crippen LogP contribution in [-0.4, -0.2) is 78.5 Å². The zero-order chi connectivity index (χ0) is 30.1. The quantitative estimate of drug-likeness (QED) is 0.200. The van der Waals surface area contributed by atoms with E-state index in [0.717, 1.165) is 84.0 Å². The van der Waals surface area contributed by atoms with Gasteiger partial charge in [-0.1, -0.05) is 11.9 Å². The van der Waals surface area contributed by atoms with E-state index in [9.17, 15) is 0 Å². The molecule has 226 valence electrons. The lowest BCUT2D eigenvalue weighted by molar-refractivity contribution is 0.249. The number of aryl methyl sites for hydroxylation is 1. The smallest absolute Gasteiger partial charge is 0.229 e. The van der Waals surface area contributed by atoms with Gasteiger partial charge >= 0.3 is 0 Å². The molecule has 2 aromatic carbocycles. The summed E-state index contributed by atoms with van der Waals surface area (Å²) < 4.78 is 7.97. The number of hydrogen-bond donors (Lipinski definition) is 2. The van der Waals surface area contributed by atoms with Crippen LogP contribution < -0.4 is 24.6 Å². The molecule has 1 aliphatic heterocycles. The number of hydrogen-bond acceptors (Lipinski definition) is 11. The molecule has 2 aliphatic rings. The van der Waals surface area contributed by atoms with Crippen LogP contribution in [0.4, 0.5) is 34.5 Å². The molecule has 0 amide bonds. The number of ether oxygens (including phenoxy) is 1. The third-order valence-electron chi connectivity index (χ3n) is 8.59. The summed E-state index contributed by atoms with van der Waals surface area (Å²) in [6.07, 6.45) is 12.1. The van der Waals surface area contributed by atoms with Gasteiger partial charge < -0.3 is 29.5 Å². The number of nitrogens with one attached hydrogen (secondary N) is 2. The largest absolute Gasteiger partial charge is 0.494 e. The third-order valence-corrected chi connectivity index (χ3v) is 9.32. The number of piperidine rings is 1. The number of anilines is 6. The maximum Gasteiger partial charge on any atom is 0.229 e. The lowest BCUT2D eigenvalue weighted by Gasteiger charge is -2.37. The molecule has 10 nitrogen and oxygen atoms in total. The van der Waals surface area contributed by atoms with Gasteiger partial charge in [0.1, 0.15) is 17.1 Å². The number of fused-ring (bicyclic) bond motifs is 1. The summed E-state index contributed by atoms with van der Waals surface area (Å²) in [5, 5.41) is 7.10. The van der Waals surface area contributed by atoms with Gasteiger partial charge in [0.05, 0.1) is 29.7 Å². The van der Waals surface area contributed by atoms with Crippen LogP contribution in [0.15, 0.2) is 42.9 Å². The molecule has 0 bridgehead atoms. The molecular weight excluding hydrogens is 558 g/mol. The van der Waals surface area contributed by atoms with Crippen LogP contribution in [0, 0.1) is 6.92 Å². The third kappa shape index (κ3) is 6.14. The maximum atomic E-state index is 5.87. The van der Waals surface area contributed by atoms with E-state index < -0.39 is 0 Å². The monoisotopic (exact) mass is 599 g/mol. The van der Waals surface area contributed by atoms with Crippen molar-refractivity contribution < 1.29 is 4.74 Å². The molecule has 2 aromatic heterocycles. The Labute approximate surface area is 258 Å². The first-order valence-electron chi connectivity index (χ1n) is 14.9. The summed E-state index contributed by atoms with van der Waals surface area (Å²) in [5.41, 5.74) is 7.98. The Balaban J connectivity index is 1.30. The van der Waals surface area contributed by atoms with Crippen molar-refractivity contribution in [1.82, 2.24) is 24.8 Å². The van der Waals surface area contributed by atoms with E-state index in [1.165, 1.54) is 11.3 Å². The van der Waals surface area contributed by atoms with Crippen LogP contribution in [0.3, 0.4) is 0 Å². The number of benzene rings is 2. The SMILES string of the molecule is COc1cc(N2CCC(N(C)C)CC2)c(C)cc1Nc1ncc(C2CC2)c(Nc2ccc3nccnc3c2N(C)SC)n1. The molecule has 1 aliphatic carbocycles. The molecule has 2 fully saturated rings. The van der Waals surface area contributed by atoms with Crippen molar-refractivity contribution in [2.24, 2.45) is 0 Å². The van der Waals surface area contributed by atoms with Crippen molar-refractivity contribution in [3.63, 3.8) is 0 Å². The fourth-order valence-corrected chi connectivity index (χ4v) is 6.30. The zero-order valence-corrected chi connectivity index (χ0v) is 26.7. The van der Waals surface area contributed by atoms with E-state index >= 15 is 0 Å². The predicted molar refractivity (Wildman–Crippen MR) is 179 cm³/mol. The van der Waals surface area contributed by atoms with Gasteiger partial charge in [0, 0.05) is 68.3 Å². The number of nitrogens with zero attached hydrogens (tertiary/aromatic N) is 7. The summed E-state index contributed by atoms with van der Waals surface area (Å²) in [6, 6.07) is 8.98. The highest BCUT2D eigenvalue weighted by Gasteiger charge is 2.29. The molecule has 0 unspecified atom stereocenters. The van der Waals surface area contributed by atoms with E-state index in [1.807, 2.05) is 25.6 Å². The fourth-order valence-electron chi connectivity index (χ4n) is 5.93. The molecule has 0 radical (unpaired) electrons. The van der Waals surface area contributed by atoms with Gasteiger partial charge in [-0.05, 0) is 76.4 Å². The van der Waals surface area contributed by atoms with E-state index in [2.05, 4.69) is 73.9 Å². The summed E-state index contributed by atoms with van der Waals surface area (Å²) in [5.74, 6) is 2.56. The first kappa shape index (κ1) is 29.3. The van der Waals surface area contributed by atoms with Crippen molar-refractivity contribution in [3.05, 3.63) is 54.0 Å². The Morgan fingerprint density at radius 2 is 1.72 bits per heavy atom. The number of aromatic nitrogens is 4. The van der Waals surface area contributed by atoms with Crippen molar-refractivity contribution in [2.75, 3.05) is 67.4 Å². The minimum Gasteiger partial charge on any atom is -0.494 e. The summed E-state index contributed by atoms with van der Waals surface area (Å²) in [7, 11) is 8.10. The molecular formula is C32H41N9OS. The second-order valence-electron chi connectivity index (χ2n) is 11.6. The Morgan fingerprint density at radius 3 is 2.42 bits per heavy atom. The molecule has 11 heteroatoms. The van der Waals surface area contributed by atoms with Gasteiger partial charge in [-0.25, -0.2) is 4.98 Å². The number of methoxy groups -OCH3 is 1. The average Bonchev–Trinajstić information content (AvgIpc) is 3.86. The summed E-state index contributed by atoms with van der Waals surface area (Å²) in [6.45, 7) is 4.23. The Hall–Kier alpha value is -3.83. The molecule has 43 heavy (non-hydrogen) atoms. The molecule has 1 saturated heterocycles. The first-order chi connectivity index (χ1) is 20.9. The minimum absolute atomic E-state index is 0.464. The molecule has 4 aromatic rings. The Bertz CT molecular complexity index is 1600. The topological polar surface area (TPSA) is 94.6 Å². The summed E-state index contributed by atoms with van der Waals surface area (Å²) >= 11 is 1.62. The molecule has 3 heterocycles. The van der Waals surface area contributed by atoms with E-state index in [0.29, 0.717) is 17.9 Å². The van der Waals surface area contributed by atoms with Crippen molar-refractivity contribution >= 4 is 57.5 Å². The molecule has 0 atom stereocenters. The van der Waals surface area contributed by atoms with Gasteiger partial charge in [-0.3, -0.25) is 9.97 Å². The normalized spacial score (nSPS) is 15.7. The van der Waals surface area contributed by atoms with Gasteiger partial charge in [0.25, 0.3) is 0 Å². The highest BCUT2D eigenvalue weighted by molar-refractivity contribution is 7.99. The molecule has 2 N–H and O–H groups in total. The van der Waals surface area contributed by atoms with Gasteiger partial charge in [0.2, 0.25) is 5.95 Å². The van der Waals surface area contributed by atoms with Crippen molar-refractivity contribution in [3.8, 4) is 5.75 Å². The standard InChI is InChI=1S/C32H41N9OS/c1-20-17-26(28(42-5)18-27(20)41-15-11-22(12-16-41)39(2)3)37-32-35-19-23(21-7-8-21)31(38-32)36-25-10-9-24-29(34-14-13-33-24)30(25)40(4)43-6/h9-10,13-14,17-19,21-22H,7-8,11-12,15-16H2,1-6H3,(H2,35,36,37,38). The van der Waals surface area contributed by atoms with Gasteiger partial charge in [0.15, 0.2) is 0 Å². The number of rotatable bonds is 10. The van der Waals surface area contributed by atoms with Crippen molar-refractivity contribution in [1.29, 1.82) is 0 Å². The highest BCUT2D eigenvalue weighted by Crippen LogP contribution is 2.45. The molecule has 6 rings (SSSR count). The lowest BCUT2D eigenvalue weighted by atomic mass is 10.0. The fraction of sp³-hybridized carbons (Fsp3) is 0.438. The predicted octanol–water partition coefficient (Wildman–Crippen LogP) is 6.35. The second kappa shape index (κ2) is 12.4. The molecule has 0 spiro atoms. The van der Waals surface area contributed by atoms with Crippen LogP contribution in [0.25, 0.3) is 11.0 Å². The average molecular weight is 600 g/mol. The van der Waals surface area contributed by atoms with Crippen molar-refractivity contribution in [2.45, 2.75) is 44.6 Å². The lowest BCUT2D eigenvalue weighted by Crippen LogP contribution is -2.42. The van der Waals surface area contributed by atoms with Crippen LogP contribution in [0.1, 0.15) is 42.7 Å². The van der Waals surface area contributed by atoms with Gasteiger partial charge in [-0.2, -0.15) is 4.98 Å². The van der Waals surface area contributed by atoms with Crippen LogP contribution in [0.2, 0.25) is 0 Å². The first-order valence-corrected chi connectivity index (χ1v) is 16.1. The Kier molecular flexibility index (Phi) is 8.45. The van der Waals surface area contributed by atoms with Crippen LogP contribution in [0.5, 0.6) is 5.75 Å². The van der Waals surface area contributed by atoms with E-state index in [-0.39, 0.29) is 0 Å². The van der Waals surface area contributed by atoms with Crippen LogP contribution >= 0.6 is 11.9 Å². The summed E-state index contributed by atoms with van der Waals surface area (Å²) in [4.78, 5) is 23.7. The Morgan fingerprint density at radius 1 is 0.953 bits per heavy atom. The second-order valence-corrected chi connectivity index (χ2v) is 12.5. The van der Waals surface area contributed by atoms with E-state index in [1.54, 1.807) is 31.5 Å².